The average molecular weight is 349 g/mol. The van der Waals surface area contributed by atoms with E-state index in [0.717, 1.165) is 24.2 Å². The van der Waals surface area contributed by atoms with Crippen molar-refractivity contribution >= 4 is 10.0 Å². The lowest BCUT2D eigenvalue weighted by Gasteiger charge is -2.24. The van der Waals surface area contributed by atoms with E-state index in [2.05, 4.69) is 5.10 Å². The molecule has 0 amide bonds. The Morgan fingerprint density at radius 3 is 2.83 bits per heavy atom. The van der Waals surface area contributed by atoms with Crippen molar-refractivity contribution in [3.63, 3.8) is 0 Å². The number of aryl methyl sites for hydroxylation is 1. The van der Waals surface area contributed by atoms with E-state index in [1.807, 2.05) is 31.2 Å². The first-order valence-electron chi connectivity index (χ1n) is 8.22. The Balaban J connectivity index is 1.85. The Morgan fingerprint density at radius 2 is 2.12 bits per heavy atom. The predicted octanol–water partition coefficient (Wildman–Crippen LogP) is 2.31. The molecule has 0 saturated carbocycles. The number of hydrogen-bond donors (Lipinski definition) is 0. The molecule has 1 saturated heterocycles. The molecule has 3 rings (SSSR count). The fourth-order valence-corrected chi connectivity index (χ4v) is 4.89. The van der Waals surface area contributed by atoms with Crippen LogP contribution in [0.2, 0.25) is 0 Å². The molecule has 2 aromatic rings. The number of nitrogens with zero attached hydrogens (tertiary/aromatic N) is 3. The van der Waals surface area contributed by atoms with Crippen LogP contribution in [0.3, 0.4) is 0 Å². The summed E-state index contributed by atoms with van der Waals surface area (Å²) in [5.74, 6) is 0.806. The molecule has 0 radical (unpaired) electrons. The summed E-state index contributed by atoms with van der Waals surface area (Å²) >= 11 is 0. The lowest BCUT2D eigenvalue weighted by atomic mass is 10.0. The van der Waals surface area contributed by atoms with Gasteiger partial charge >= 0.3 is 0 Å². The summed E-state index contributed by atoms with van der Waals surface area (Å²) in [5.41, 5.74) is 1.04. The average Bonchev–Trinajstić information content (AvgIpc) is 3.25. The van der Waals surface area contributed by atoms with E-state index in [9.17, 15) is 8.42 Å². The molecule has 1 atom stereocenters. The van der Waals surface area contributed by atoms with E-state index in [0.29, 0.717) is 19.5 Å². The minimum absolute atomic E-state index is 0.0451. The van der Waals surface area contributed by atoms with Gasteiger partial charge in [0.25, 0.3) is 0 Å². The number of benzene rings is 1. The van der Waals surface area contributed by atoms with Gasteiger partial charge in [-0.3, -0.25) is 4.68 Å². The van der Waals surface area contributed by atoms with Crippen molar-refractivity contribution in [2.75, 3.05) is 13.7 Å². The van der Waals surface area contributed by atoms with E-state index in [1.165, 1.54) is 6.20 Å². The third-order valence-corrected chi connectivity index (χ3v) is 6.42. The van der Waals surface area contributed by atoms with Gasteiger partial charge in [-0.1, -0.05) is 18.2 Å². The van der Waals surface area contributed by atoms with Crippen molar-refractivity contribution in [2.45, 2.75) is 43.7 Å². The van der Waals surface area contributed by atoms with E-state index in [1.54, 1.807) is 22.3 Å². The van der Waals surface area contributed by atoms with Crippen molar-refractivity contribution in [1.29, 1.82) is 0 Å². The Bertz CT molecular complexity index is 801. The van der Waals surface area contributed by atoms with Crippen molar-refractivity contribution in [2.24, 2.45) is 0 Å². The Labute approximate surface area is 143 Å². The third kappa shape index (κ3) is 3.18. The number of ether oxygens (including phenoxy) is 1. The van der Waals surface area contributed by atoms with Crippen LogP contribution >= 0.6 is 0 Å². The second-order valence-electron chi connectivity index (χ2n) is 5.96. The molecule has 0 spiro atoms. The zero-order valence-electron chi connectivity index (χ0n) is 14.1. The van der Waals surface area contributed by atoms with E-state index in [4.69, 9.17) is 4.74 Å². The number of aromatic nitrogens is 2. The normalized spacial score (nSPS) is 18.8. The van der Waals surface area contributed by atoms with Crippen molar-refractivity contribution in [3.8, 4) is 5.75 Å². The Hall–Kier alpha value is -1.86. The van der Waals surface area contributed by atoms with Gasteiger partial charge in [-0.15, -0.1) is 0 Å². The van der Waals surface area contributed by atoms with Crippen molar-refractivity contribution in [3.05, 3.63) is 42.2 Å². The molecule has 0 bridgehead atoms. The second-order valence-corrected chi connectivity index (χ2v) is 7.85. The molecule has 1 aromatic carbocycles. The molecule has 6 nitrogen and oxygen atoms in total. The van der Waals surface area contributed by atoms with Crippen LogP contribution in [0.1, 0.15) is 25.3 Å². The van der Waals surface area contributed by atoms with Gasteiger partial charge in [-0.25, -0.2) is 8.42 Å². The molecule has 1 unspecified atom stereocenters. The maximum absolute atomic E-state index is 13.0. The van der Waals surface area contributed by atoms with Crippen molar-refractivity contribution < 1.29 is 13.2 Å². The molecule has 130 valence electrons. The molecule has 0 N–H and O–H groups in total. The lowest BCUT2D eigenvalue weighted by Crippen LogP contribution is -2.36. The van der Waals surface area contributed by atoms with Gasteiger partial charge in [0, 0.05) is 25.3 Å². The topological polar surface area (TPSA) is 64.4 Å². The molecule has 0 aliphatic carbocycles. The number of sulfonamides is 1. The number of methoxy groups -OCH3 is 1. The summed E-state index contributed by atoms with van der Waals surface area (Å²) in [6, 6.07) is 7.74. The molecule has 1 aliphatic heterocycles. The molecular formula is C17H23N3O3S. The SMILES string of the molecule is CCn1cc(S(=O)(=O)N2CCCC2Cc2ccccc2OC)cn1. The zero-order valence-corrected chi connectivity index (χ0v) is 14.9. The number of hydrogen-bond acceptors (Lipinski definition) is 4. The van der Waals surface area contributed by atoms with Crippen molar-refractivity contribution in [1.82, 2.24) is 14.1 Å². The highest BCUT2D eigenvalue weighted by Crippen LogP contribution is 2.30. The van der Waals surface area contributed by atoms with Crippen LogP contribution in [0, 0.1) is 0 Å². The fraction of sp³-hybridized carbons (Fsp3) is 0.471. The maximum atomic E-state index is 13.0. The molecule has 1 aromatic heterocycles. The predicted molar refractivity (Wildman–Crippen MR) is 91.5 cm³/mol. The van der Waals surface area contributed by atoms with Crippen LogP contribution in [0.4, 0.5) is 0 Å². The molecule has 24 heavy (non-hydrogen) atoms. The first-order valence-corrected chi connectivity index (χ1v) is 9.66. The monoisotopic (exact) mass is 349 g/mol. The summed E-state index contributed by atoms with van der Waals surface area (Å²) in [6.45, 7) is 3.14. The van der Waals surface area contributed by atoms with Gasteiger partial charge < -0.3 is 4.74 Å². The summed E-state index contributed by atoms with van der Waals surface area (Å²) in [7, 11) is -1.87. The highest BCUT2D eigenvalue weighted by Gasteiger charge is 2.36. The van der Waals surface area contributed by atoms with E-state index < -0.39 is 10.0 Å². The smallest absolute Gasteiger partial charge is 0.246 e. The summed E-state index contributed by atoms with van der Waals surface area (Å²) < 4.78 is 34.6. The molecule has 1 fully saturated rings. The minimum atomic E-state index is -3.51. The van der Waals surface area contributed by atoms with Gasteiger partial charge in [0.15, 0.2) is 0 Å². The van der Waals surface area contributed by atoms with Crippen LogP contribution in [0.5, 0.6) is 5.75 Å². The molecule has 1 aliphatic rings. The van der Waals surface area contributed by atoms with Gasteiger partial charge in [0.2, 0.25) is 10.0 Å². The van der Waals surface area contributed by atoms with Crippen LogP contribution in [0.15, 0.2) is 41.6 Å². The maximum Gasteiger partial charge on any atom is 0.246 e. The first kappa shape index (κ1) is 17.0. The Morgan fingerprint density at radius 1 is 1.33 bits per heavy atom. The standard InChI is InChI=1S/C17H23N3O3S/c1-3-19-13-16(12-18-19)24(21,22)20-10-6-8-15(20)11-14-7-4-5-9-17(14)23-2/h4-5,7,9,12-13,15H,3,6,8,10-11H2,1-2H3. The van der Waals surface area contributed by atoms with Gasteiger partial charge in [0.05, 0.1) is 13.3 Å². The minimum Gasteiger partial charge on any atom is -0.496 e. The number of para-hydroxylation sites is 1. The van der Waals surface area contributed by atoms with Gasteiger partial charge in [-0.05, 0) is 37.8 Å². The van der Waals surface area contributed by atoms with E-state index in [-0.39, 0.29) is 10.9 Å². The quantitative estimate of drug-likeness (QED) is 0.803. The largest absolute Gasteiger partial charge is 0.496 e. The third-order valence-electron chi connectivity index (χ3n) is 4.51. The molecule has 7 heteroatoms. The summed E-state index contributed by atoms with van der Waals surface area (Å²) in [4.78, 5) is 0.274. The van der Waals surface area contributed by atoms with Crippen LogP contribution in [-0.2, 0) is 23.0 Å². The molecular weight excluding hydrogens is 326 g/mol. The lowest BCUT2D eigenvalue weighted by molar-refractivity contribution is 0.373. The second kappa shape index (κ2) is 6.94. The van der Waals surface area contributed by atoms with Crippen LogP contribution in [-0.4, -0.2) is 42.2 Å². The summed E-state index contributed by atoms with van der Waals surface area (Å²) in [6.07, 6.45) is 5.44. The highest BCUT2D eigenvalue weighted by atomic mass is 32.2. The van der Waals surface area contributed by atoms with Gasteiger partial charge in [-0.2, -0.15) is 9.40 Å². The van der Waals surface area contributed by atoms with Crippen LogP contribution < -0.4 is 4.74 Å². The summed E-state index contributed by atoms with van der Waals surface area (Å²) in [5, 5.41) is 4.10. The molecule has 2 heterocycles. The van der Waals surface area contributed by atoms with E-state index >= 15 is 0 Å². The first-order chi connectivity index (χ1) is 11.6. The Kier molecular flexibility index (Phi) is 4.91. The fourth-order valence-electron chi connectivity index (χ4n) is 3.24. The highest BCUT2D eigenvalue weighted by molar-refractivity contribution is 7.89. The van der Waals surface area contributed by atoms with Crippen LogP contribution in [0.25, 0.3) is 0 Å². The van der Waals surface area contributed by atoms with Gasteiger partial charge in [0.1, 0.15) is 10.6 Å². The zero-order chi connectivity index (χ0) is 17.2. The number of rotatable bonds is 6.